The molecule has 1 aromatic carbocycles. The molecular formula is C13H17N3OS2. The molecule has 0 aliphatic heterocycles. The Bertz CT molecular complexity index is 516. The minimum Gasteiger partial charge on any atom is -0.429 e. The molecule has 0 saturated carbocycles. The van der Waals surface area contributed by atoms with Crippen molar-refractivity contribution >= 4 is 23.1 Å². The summed E-state index contributed by atoms with van der Waals surface area (Å²) in [6.07, 6.45) is 3.14. The number of aromatic nitrogens is 2. The van der Waals surface area contributed by atoms with Crippen LogP contribution >= 0.6 is 23.1 Å². The van der Waals surface area contributed by atoms with Gasteiger partial charge in [0.2, 0.25) is 0 Å². The first-order chi connectivity index (χ1) is 9.33. The van der Waals surface area contributed by atoms with Crippen LogP contribution in [0.4, 0.5) is 0 Å². The van der Waals surface area contributed by atoms with Crippen molar-refractivity contribution < 1.29 is 4.74 Å². The molecule has 1 N–H and O–H groups in total. The molecule has 0 bridgehead atoms. The van der Waals surface area contributed by atoms with Gasteiger partial charge < -0.3 is 10.1 Å². The molecule has 0 unspecified atom stereocenters. The van der Waals surface area contributed by atoms with Crippen LogP contribution in [0.5, 0.6) is 10.9 Å². The third-order valence-electron chi connectivity index (χ3n) is 2.42. The molecule has 6 heteroatoms. The van der Waals surface area contributed by atoms with Gasteiger partial charge in [0.1, 0.15) is 10.8 Å². The highest BCUT2D eigenvalue weighted by molar-refractivity contribution is 7.98. The van der Waals surface area contributed by atoms with Crippen molar-refractivity contribution in [2.75, 3.05) is 12.8 Å². The zero-order valence-corrected chi connectivity index (χ0v) is 12.7. The lowest BCUT2D eigenvalue weighted by Gasteiger charge is -2.05. The van der Waals surface area contributed by atoms with Gasteiger partial charge in [-0.15, -0.1) is 16.9 Å². The highest BCUT2D eigenvalue weighted by Crippen LogP contribution is 2.32. The van der Waals surface area contributed by atoms with Gasteiger partial charge in [-0.1, -0.05) is 35.5 Å². The van der Waals surface area contributed by atoms with Gasteiger partial charge in [-0.05, 0) is 31.4 Å². The Morgan fingerprint density at radius 3 is 2.95 bits per heavy atom. The second-order valence-corrected chi connectivity index (χ2v) is 5.76. The van der Waals surface area contributed by atoms with Crippen molar-refractivity contribution in [3.05, 3.63) is 29.3 Å². The maximum absolute atomic E-state index is 5.78. The molecule has 0 saturated heterocycles. The number of thioether (sulfide) groups is 1. The molecule has 0 spiro atoms. The first-order valence-electron chi connectivity index (χ1n) is 6.17. The van der Waals surface area contributed by atoms with E-state index in [0.29, 0.717) is 5.19 Å². The SMILES string of the molecule is CCCNCc1nnc(Oc2ccccc2SC)s1. The monoisotopic (exact) mass is 295 g/mol. The van der Waals surface area contributed by atoms with Crippen LogP contribution in [0.25, 0.3) is 0 Å². The van der Waals surface area contributed by atoms with Crippen LogP contribution in [-0.2, 0) is 6.54 Å². The van der Waals surface area contributed by atoms with Crippen molar-refractivity contribution in [3.8, 4) is 10.9 Å². The van der Waals surface area contributed by atoms with Crippen molar-refractivity contribution in [3.63, 3.8) is 0 Å². The number of ether oxygens (including phenoxy) is 1. The molecule has 1 heterocycles. The normalized spacial score (nSPS) is 10.6. The van der Waals surface area contributed by atoms with Gasteiger partial charge in [-0.2, -0.15) is 0 Å². The van der Waals surface area contributed by atoms with Crippen LogP contribution < -0.4 is 10.1 Å². The second kappa shape index (κ2) is 7.47. The van der Waals surface area contributed by atoms with Gasteiger partial charge >= 0.3 is 0 Å². The van der Waals surface area contributed by atoms with E-state index in [1.54, 1.807) is 11.8 Å². The van der Waals surface area contributed by atoms with Gasteiger partial charge in [0.25, 0.3) is 5.19 Å². The minimum atomic E-state index is 0.592. The fourth-order valence-corrected chi connectivity index (χ4v) is 2.72. The van der Waals surface area contributed by atoms with Gasteiger partial charge in [-0.3, -0.25) is 0 Å². The molecule has 0 aliphatic rings. The third-order valence-corrected chi connectivity index (χ3v) is 4.00. The predicted molar refractivity (Wildman–Crippen MR) is 80.2 cm³/mol. The average Bonchev–Trinajstić information content (AvgIpc) is 2.87. The number of para-hydroxylation sites is 1. The number of hydrogen-bond donors (Lipinski definition) is 1. The van der Waals surface area contributed by atoms with Crippen LogP contribution in [0, 0.1) is 0 Å². The Labute approximate surface area is 121 Å². The van der Waals surface area contributed by atoms with Gasteiger partial charge in [0.15, 0.2) is 0 Å². The van der Waals surface area contributed by atoms with Gasteiger partial charge in [0, 0.05) is 11.4 Å². The van der Waals surface area contributed by atoms with Crippen molar-refractivity contribution in [1.82, 2.24) is 15.5 Å². The largest absolute Gasteiger partial charge is 0.429 e. The molecule has 0 amide bonds. The summed E-state index contributed by atoms with van der Waals surface area (Å²) in [7, 11) is 0. The van der Waals surface area contributed by atoms with Crippen molar-refractivity contribution in [2.24, 2.45) is 0 Å². The van der Waals surface area contributed by atoms with Crippen molar-refractivity contribution in [2.45, 2.75) is 24.8 Å². The van der Waals surface area contributed by atoms with E-state index < -0.39 is 0 Å². The zero-order valence-electron chi connectivity index (χ0n) is 11.0. The van der Waals surface area contributed by atoms with E-state index in [4.69, 9.17) is 4.74 Å². The van der Waals surface area contributed by atoms with Crippen LogP contribution in [-0.4, -0.2) is 23.0 Å². The Hall–Kier alpha value is -1.11. The second-order valence-electron chi connectivity index (χ2n) is 3.89. The molecular weight excluding hydrogens is 278 g/mol. The Balaban J connectivity index is 1.99. The first kappa shape index (κ1) is 14.3. The molecule has 1 aromatic heterocycles. The van der Waals surface area contributed by atoms with Crippen LogP contribution in [0.15, 0.2) is 29.2 Å². The molecule has 0 radical (unpaired) electrons. The lowest BCUT2D eigenvalue weighted by atomic mass is 10.3. The summed E-state index contributed by atoms with van der Waals surface area (Å²) in [6.45, 7) is 3.88. The maximum Gasteiger partial charge on any atom is 0.299 e. The first-order valence-corrected chi connectivity index (χ1v) is 8.21. The molecule has 0 aliphatic carbocycles. The summed E-state index contributed by atoms with van der Waals surface area (Å²) in [4.78, 5) is 1.10. The average molecular weight is 295 g/mol. The lowest BCUT2D eigenvalue weighted by molar-refractivity contribution is 0.462. The molecule has 102 valence electrons. The van der Waals surface area contributed by atoms with E-state index in [1.807, 2.05) is 30.5 Å². The van der Waals surface area contributed by atoms with E-state index in [0.717, 1.165) is 35.2 Å². The highest BCUT2D eigenvalue weighted by atomic mass is 32.2. The van der Waals surface area contributed by atoms with Crippen LogP contribution in [0.3, 0.4) is 0 Å². The third kappa shape index (κ3) is 4.19. The Morgan fingerprint density at radius 1 is 1.32 bits per heavy atom. The summed E-state index contributed by atoms with van der Waals surface area (Å²) < 4.78 is 5.78. The molecule has 2 rings (SSSR count). The smallest absolute Gasteiger partial charge is 0.299 e. The summed E-state index contributed by atoms with van der Waals surface area (Å²) in [6, 6.07) is 7.94. The summed E-state index contributed by atoms with van der Waals surface area (Å²) in [5.41, 5.74) is 0. The standard InChI is InChI=1S/C13H17N3OS2/c1-3-8-14-9-12-15-16-13(19-12)17-10-6-4-5-7-11(10)18-2/h4-7,14H,3,8-9H2,1-2H3. The minimum absolute atomic E-state index is 0.592. The number of benzene rings is 1. The number of rotatable bonds is 7. The van der Waals surface area contributed by atoms with E-state index in [9.17, 15) is 0 Å². The van der Waals surface area contributed by atoms with E-state index in [-0.39, 0.29) is 0 Å². The summed E-state index contributed by atoms with van der Waals surface area (Å²) in [5, 5.41) is 13.0. The fraction of sp³-hybridized carbons (Fsp3) is 0.385. The number of hydrogen-bond acceptors (Lipinski definition) is 6. The van der Waals surface area contributed by atoms with Gasteiger partial charge in [0.05, 0.1) is 0 Å². The summed E-state index contributed by atoms with van der Waals surface area (Å²) >= 11 is 3.14. The lowest BCUT2D eigenvalue weighted by Crippen LogP contribution is -2.13. The molecule has 19 heavy (non-hydrogen) atoms. The molecule has 0 atom stereocenters. The van der Waals surface area contributed by atoms with Gasteiger partial charge in [-0.25, -0.2) is 0 Å². The fourth-order valence-electron chi connectivity index (χ4n) is 1.52. The zero-order chi connectivity index (χ0) is 13.5. The van der Waals surface area contributed by atoms with Crippen molar-refractivity contribution in [1.29, 1.82) is 0 Å². The highest BCUT2D eigenvalue weighted by Gasteiger charge is 2.08. The maximum atomic E-state index is 5.78. The van der Waals surface area contributed by atoms with E-state index in [1.165, 1.54) is 11.3 Å². The molecule has 2 aromatic rings. The Kier molecular flexibility index (Phi) is 5.62. The van der Waals surface area contributed by atoms with E-state index in [2.05, 4.69) is 22.4 Å². The molecule has 0 fully saturated rings. The topological polar surface area (TPSA) is 47.0 Å². The van der Waals surface area contributed by atoms with Crippen LogP contribution in [0.1, 0.15) is 18.4 Å². The Morgan fingerprint density at radius 2 is 2.16 bits per heavy atom. The molecule has 4 nitrogen and oxygen atoms in total. The van der Waals surface area contributed by atoms with Crippen LogP contribution in [0.2, 0.25) is 0 Å². The predicted octanol–water partition coefficient (Wildman–Crippen LogP) is 3.55. The number of nitrogens with zero attached hydrogens (tertiary/aromatic N) is 2. The summed E-state index contributed by atoms with van der Waals surface area (Å²) in [5.74, 6) is 0.833. The van der Waals surface area contributed by atoms with E-state index >= 15 is 0 Å². The number of nitrogens with one attached hydrogen (secondary N) is 1. The quantitative estimate of drug-likeness (QED) is 0.625.